The van der Waals surface area contributed by atoms with Crippen LogP contribution in [0.1, 0.15) is 22.9 Å². The standard InChI is InChI=1S/C26H29N3O6.C2HF3O2/c1-16-12-29(25(32)28-23(16)31)24-19-20(27)21(30)26(35-24,15-33-13-17-8-4-2-5-9-17)22(19)34-14-18-10-6-3-7-11-18;3-2(4,5)1(6)7/h2-12,19-22,24,30H,13-15,27H2,1H3,(H,28,31,32);(H,6,7)/t19-,20-,21+,22+,24-,26+;/m1./s1. The van der Waals surface area contributed by atoms with Crippen molar-refractivity contribution in [2.45, 2.75) is 56.4 Å². The van der Waals surface area contributed by atoms with Crippen LogP contribution >= 0.6 is 0 Å². The van der Waals surface area contributed by atoms with Crippen LogP contribution in [0.25, 0.3) is 0 Å². The third kappa shape index (κ3) is 6.47. The van der Waals surface area contributed by atoms with Crippen LogP contribution in [0.2, 0.25) is 0 Å². The Hall–Kier alpha value is -3.82. The fraction of sp³-hybridized carbons (Fsp3) is 0.393. The van der Waals surface area contributed by atoms with E-state index in [1.807, 2.05) is 60.7 Å². The summed E-state index contributed by atoms with van der Waals surface area (Å²) >= 11 is 0. The number of carbonyl (C=O) groups is 1. The number of nitrogens with two attached hydrogens (primary N) is 1. The molecule has 0 radical (unpaired) electrons. The van der Waals surface area contributed by atoms with Crippen LogP contribution in [0, 0.1) is 12.8 Å². The first kappa shape index (κ1) is 31.1. The molecule has 6 atom stereocenters. The van der Waals surface area contributed by atoms with Gasteiger partial charge in [-0.05, 0) is 18.1 Å². The van der Waals surface area contributed by atoms with Crippen LogP contribution in [0.15, 0.2) is 76.4 Å². The number of nitrogens with one attached hydrogen (secondary N) is 1. The normalized spacial score (nSPS) is 26.5. The molecule has 14 heteroatoms. The maximum absolute atomic E-state index is 12.7. The van der Waals surface area contributed by atoms with Crippen LogP contribution in [-0.4, -0.2) is 62.4 Å². The van der Waals surface area contributed by atoms with Gasteiger partial charge in [-0.15, -0.1) is 0 Å². The van der Waals surface area contributed by atoms with E-state index in [1.165, 1.54) is 10.8 Å². The summed E-state index contributed by atoms with van der Waals surface area (Å²) in [4.78, 5) is 35.8. The van der Waals surface area contributed by atoms with Crippen molar-refractivity contribution in [2.75, 3.05) is 6.61 Å². The van der Waals surface area contributed by atoms with Gasteiger partial charge < -0.3 is 30.2 Å². The number of carboxylic acid groups (broad SMARTS) is 1. The maximum Gasteiger partial charge on any atom is 0.490 e. The van der Waals surface area contributed by atoms with Crippen LogP contribution in [0.5, 0.6) is 0 Å². The summed E-state index contributed by atoms with van der Waals surface area (Å²) in [7, 11) is 0. The van der Waals surface area contributed by atoms with Gasteiger partial charge in [0, 0.05) is 17.8 Å². The molecule has 1 saturated carbocycles. The van der Waals surface area contributed by atoms with Gasteiger partial charge >= 0.3 is 17.8 Å². The molecule has 5 N–H and O–H groups in total. The molecule has 2 aliphatic rings. The van der Waals surface area contributed by atoms with Crippen molar-refractivity contribution in [2.24, 2.45) is 11.7 Å². The highest BCUT2D eigenvalue weighted by atomic mass is 19.4. The molecule has 2 heterocycles. The van der Waals surface area contributed by atoms with Gasteiger partial charge in [-0.3, -0.25) is 14.3 Å². The number of carboxylic acids is 1. The molecule has 226 valence electrons. The Morgan fingerprint density at radius 2 is 1.62 bits per heavy atom. The van der Waals surface area contributed by atoms with Crippen molar-refractivity contribution >= 4 is 5.97 Å². The summed E-state index contributed by atoms with van der Waals surface area (Å²) < 4.78 is 51.8. The van der Waals surface area contributed by atoms with E-state index >= 15 is 0 Å². The fourth-order valence-electron chi connectivity index (χ4n) is 5.15. The lowest BCUT2D eigenvalue weighted by atomic mass is 9.98. The van der Waals surface area contributed by atoms with Gasteiger partial charge in [0.2, 0.25) is 0 Å². The molecule has 5 rings (SSSR count). The summed E-state index contributed by atoms with van der Waals surface area (Å²) in [5.74, 6) is -3.30. The van der Waals surface area contributed by atoms with Crippen molar-refractivity contribution in [3.8, 4) is 0 Å². The zero-order valence-electron chi connectivity index (χ0n) is 22.4. The first-order chi connectivity index (χ1) is 19.8. The van der Waals surface area contributed by atoms with Crippen molar-refractivity contribution in [3.05, 3.63) is 104 Å². The zero-order valence-corrected chi connectivity index (χ0v) is 22.4. The van der Waals surface area contributed by atoms with E-state index in [0.29, 0.717) is 12.2 Å². The van der Waals surface area contributed by atoms with Gasteiger partial charge in [0.05, 0.1) is 25.7 Å². The van der Waals surface area contributed by atoms with Gasteiger partial charge in [-0.2, -0.15) is 13.2 Å². The first-order valence-corrected chi connectivity index (χ1v) is 12.9. The van der Waals surface area contributed by atoms with E-state index in [2.05, 4.69) is 4.98 Å². The van der Waals surface area contributed by atoms with Crippen LogP contribution in [0.4, 0.5) is 13.2 Å². The number of fused-ring (bicyclic) bond motifs is 2. The number of nitrogens with zero attached hydrogens (tertiary/aromatic N) is 1. The number of hydrogen-bond donors (Lipinski definition) is 4. The van der Waals surface area contributed by atoms with E-state index in [9.17, 15) is 27.9 Å². The Labute approximate surface area is 237 Å². The molecule has 1 aliphatic carbocycles. The SMILES string of the molecule is Cc1cn([C@@H]2O[C@@]3(COCc4ccccc4)[C@@H](O)[C@H](N)[C@@H]2[C@@H]3OCc2ccccc2)c(=O)[nH]c1=O.O=C(O)C(F)(F)F. The minimum atomic E-state index is -5.08. The average Bonchev–Trinajstić information content (AvgIpc) is 3.37. The Morgan fingerprint density at radius 3 is 2.17 bits per heavy atom. The van der Waals surface area contributed by atoms with E-state index in [0.717, 1.165) is 11.1 Å². The number of H-pyrrole nitrogens is 1. The van der Waals surface area contributed by atoms with Gasteiger partial charge in [-0.1, -0.05) is 60.7 Å². The van der Waals surface area contributed by atoms with Crippen molar-refractivity contribution in [1.29, 1.82) is 0 Å². The monoisotopic (exact) mass is 593 g/mol. The van der Waals surface area contributed by atoms with Gasteiger partial charge in [-0.25, -0.2) is 9.59 Å². The summed E-state index contributed by atoms with van der Waals surface area (Å²) in [6.07, 6.45) is -6.18. The molecule has 11 nitrogen and oxygen atoms in total. The number of ether oxygens (including phenoxy) is 3. The van der Waals surface area contributed by atoms with E-state index < -0.39 is 59.4 Å². The number of aromatic nitrogens is 2. The Balaban J connectivity index is 0.000000517. The highest BCUT2D eigenvalue weighted by molar-refractivity contribution is 5.73. The topological polar surface area (TPSA) is 166 Å². The number of alkyl halides is 3. The quantitative estimate of drug-likeness (QED) is 0.305. The third-order valence-corrected chi connectivity index (χ3v) is 7.18. The smallest absolute Gasteiger partial charge is 0.475 e. The molecule has 2 aromatic carbocycles. The zero-order chi connectivity index (χ0) is 30.7. The first-order valence-electron chi connectivity index (χ1n) is 12.9. The van der Waals surface area contributed by atoms with E-state index in [1.54, 1.807) is 6.92 Å². The van der Waals surface area contributed by atoms with Gasteiger partial charge in [0.15, 0.2) is 0 Å². The molecule has 42 heavy (non-hydrogen) atoms. The van der Waals surface area contributed by atoms with Crippen LogP contribution in [0.3, 0.4) is 0 Å². The van der Waals surface area contributed by atoms with Crippen molar-refractivity contribution in [3.63, 3.8) is 0 Å². The average molecular weight is 594 g/mol. The second kappa shape index (κ2) is 12.6. The number of aromatic amines is 1. The molecule has 1 aromatic heterocycles. The van der Waals surface area contributed by atoms with Crippen molar-refractivity contribution < 1.29 is 42.4 Å². The summed E-state index contributed by atoms with van der Waals surface area (Å²) in [6, 6.07) is 18.6. The van der Waals surface area contributed by atoms with Gasteiger partial charge in [0.25, 0.3) is 5.56 Å². The summed E-state index contributed by atoms with van der Waals surface area (Å²) in [5, 5.41) is 18.3. The second-order valence-electron chi connectivity index (χ2n) is 10.0. The van der Waals surface area contributed by atoms with E-state index in [4.69, 9.17) is 29.8 Å². The lowest BCUT2D eigenvalue weighted by Gasteiger charge is -2.38. The van der Waals surface area contributed by atoms with Gasteiger partial charge in [0.1, 0.15) is 24.0 Å². The van der Waals surface area contributed by atoms with Crippen LogP contribution in [-0.2, 0) is 32.2 Å². The molecule has 0 spiro atoms. The lowest BCUT2D eigenvalue weighted by Crippen LogP contribution is -2.57. The molecule has 1 saturated heterocycles. The Kier molecular flexibility index (Phi) is 9.33. The molecule has 3 aromatic rings. The number of aryl methyl sites for hydroxylation is 1. The molecular weight excluding hydrogens is 563 g/mol. The number of benzene rings is 2. The molecule has 0 amide bonds. The number of aliphatic carboxylic acids is 1. The number of halogens is 3. The summed E-state index contributed by atoms with van der Waals surface area (Å²) in [6.45, 7) is 2.21. The molecule has 0 unspecified atom stereocenters. The fourth-order valence-corrected chi connectivity index (χ4v) is 5.15. The predicted molar refractivity (Wildman–Crippen MR) is 141 cm³/mol. The predicted octanol–water partition coefficient (Wildman–Crippen LogP) is 1.87. The maximum atomic E-state index is 12.7. The van der Waals surface area contributed by atoms with Crippen molar-refractivity contribution in [1.82, 2.24) is 9.55 Å². The summed E-state index contributed by atoms with van der Waals surface area (Å²) in [5.41, 5.74) is 6.41. The van der Waals surface area contributed by atoms with E-state index in [-0.39, 0.29) is 13.2 Å². The Morgan fingerprint density at radius 1 is 1.07 bits per heavy atom. The molecular formula is C28H30F3N3O8. The Bertz CT molecular complexity index is 1480. The highest BCUT2D eigenvalue weighted by Gasteiger charge is 2.70. The largest absolute Gasteiger partial charge is 0.490 e. The highest BCUT2D eigenvalue weighted by Crippen LogP contribution is 2.53. The number of aliphatic hydroxyl groups excluding tert-OH is 1. The number of rotatable bonds is 8. The molecule has 2 fully saturated rings. The third-order valence-electron chi connectivity index (χ3n) is 7.18. The molecule has 1 aliphatic heterocycles. The minimum absolute atomic E-state index is 0.0142. The number of aliphatic hydroxyl groups is 1. The minimum Gasteiger partial charge on any atom is -0.475 e. The number of hydrogen-bond acceptors (Lipinski definition) is 8. The van der Waals surface area contributed by atoms with Crippen LogP contribution < -0.4 is 17.0 Å². The second-order valence-corrected chi connectivity index (χ2v) is 10.0. The lowest BCUT2D eigenvalue weighted by molar-refractivity contribution is -0.210. The molecule has 2 bridgehead atoms.